The molecular weight excluding hydrogens is 783 g/mol. The van der Waals surface area contributed by atoms with Crippen molar-refractivity contribution in [2.75, 3.05) is 0 Å². The van der Waals surface area contributed by atoms with Gasteiger partial charge in [0.1, 0.15) is 0 Å². The number of fused-ring (bicyclic) bond motifs is 2. The molecule has 4 aromatic carbocycles. The van der Waals surface area contributed by atoms with Gasteiger partial charge in [-0.1, -0.05) is 24.3 Å². The van der Waals surface area contributed by atoms with Crippen LogP contribution in [0.3, 0.4) is 0 Å². The molecule has 0 unspecified atom stereocenters. The van der Waals surface area contributed by atoms with Crippen molar-refractivity contribution >= 4 is 45.1 Å². The molecule has 2 aromatic heterocycles. The summed E-state index contributed by atoms with van der Waals surface area (Å²) >= 11 is 0. The summed E-state index contributed by atoms with van der Waals surface area (Å²) < 4.78 is 1.74. The zero-order valence-electron chi connectivity index (χ0n) is 28.2. The molecule has 0 bridgehead atoms. The van der Waals surface area contributed by atoms with Gasteiger partial charge in [0.05, 0.1) is 21.0 Å². The van der Waals surface area contributed by atoms with Gasteiger partial charge in [-0.15, -0.1) is 0 Å². The van der Waals surface area contributed by atoms with Crippen molar-refractivity contribution < 1.29 is 100.0 Å². The largest absolute Gasteiger partial charge is 2.00 e. The third-order valence-electron chi connectivity index (χ3n) is 5.99. The van der Waals surface area contributed by atoms with Crippen molar-refractivity contribution in [1.29, 1.82) is 0 Å². The van der Waals surface area contributed by atoms with Gasteiger partial charge in [0.2, 0.25) is 11.0 Å². The number of hydrogen-bond acceptors (Lipinski definition) is 10. The number of pyridine rings is 2. The van der Waals surface area contributed by atoms with Crippen LogP contribution in [-0.4, -0.2) is 53.9 Å². The van der Waals surface area contributed by atoms with Crippen LogP contribution in [0.1, 0.15) is 20.7 Å². The number of hydrogen-bond donors (Lipinski definition) is 2. The fourth-order valence-electron chi connectivity index (χ4n) is 3.72. The molecule has 0 spiro atoms. The molecule has 0 amide bonds. The molecule has 0 aliphatic rings. The summed E-state index contributed by atoms with van der Waals surface area (Å²) in [6.45, 7) is 0. The molecule has 1 radical (unpaired) electrons. The number of nitro benzene ring substituents is 2. The van der Waals surface area contributed by atoms with E-state index in [0.717, 1.165) is 55.5 Å². The third-order valence-corrected chi connectivity index (χ3v) is 5.99. The minimum Gasteiger partial charge on any atom is -0.870 e. The minimum atomic E-state index is -1.09. The van der Waals surface area contributed by atoms with E-state index in [0.29, 0.717) is 0 Å². The molecule has 2 heterocycles. The Morgan fingerprint density at radius 3 is 0.982 bits per heavy atom. The Bertz CT molecular complexity index is 1780. The number of carbonyl (C=O) groups is 2. The van der Waals surface area contributed by atoms with Crippen LogP contribution in [0.15, 0.2) is 134 Å². The van der Waals surface area contributed by atoms with Crippen LogP contribution in [0.2, 0.25) is 0 Å². The first-order valence-electron chi connectivity index (χ1n) is 13.1. The van der Waals surface area contributed by atoms with Gasteiger partial charge < -0.3 is 64.4 Å². The predicted molar refractivity (Wildman–Crippen MR) is 197 cm³/mol. The van der Waals surface area contributed by atoms with Crippen molar-refractivity contribution in [1.82, 2.24) is 0 Å². The van der Waals surface area contributed by atoms with Crippen LogP contribution < -0.4 is 9.46 Å². The Labute approximate surface area is 320 Å². The number of benzene rings is 4. The van der Waals surface area contributed by atoms with Crippen LogP contribution >= 0.6 is 0 Å². The number of para-hydroxylation sites is 2. The monoisotopic (exact) mass is 825 g/mol. The normalized spacial score (nSPS) is 8.15. The number of aromatic carboxylic acids is 2. The number of nitro groups is 2. The first-order chi connectivity index (χ1) is 22.0. The molecule has 55 heavy (non-hydrogen) atoms. The second-order valence-electron chi connectivity index (χ2n) is 9.00. The summed E-state index contributed by atoms with van der Waals surface area (Å²) in [5, 5.41) is 61.3. The number of rotatable bonds is 4. The predicted octanol–water partition coefficient (Wildman–Crippen LogP) is -0.161. The Morgan fingerprint density at radius 1 is 0.491 bits per heavy atom. The van der Waals surface area contributed by atoms with Gasteiger partial charge in [-0.2, -0.15) is 9.46 Å². The van der Waals surface area contributed by atoms with Crippen LogP contribution in [0.5, 0.6) is 0 Å². The van der Waals surface area contributed by atoms with Gasteiger partial charge in [0.25, 0.3) is 11.4 Å². The molecule has 0 aliphatic heterocycles. The van der Waals surface area contributed by atoms with E-state index in [2.05, 4.69) is 0 Å². The molecule has 0 saturated carbocycles. The van der Waals surface area contributed by atoms with Crippen molar-refractivity contribution in [3.05, 3.63) is 175 Å². The molecule has 6 aromatic rings. The molecule has 6 rings (SSSR count). The van der Waals surface area contributed by atoms with Crippen molar-refractivity contribution in [2.45, 2.75) is 0 Å². The SMILES string of the molecule is O.O.O=C(O)c1ccc([N+](=O)[O-])cc1.O=C(O)c1ccc([N+](=O)[O-])cc1.[Mn+2].[O-][n+]1cccc2ccccc21.[O-][n+]1cccc2ccccc21.[OH-].[OH-].[OH3+].[OH3+].[OH3+].[OH3+]. The fourth-order valence-corrected chi connectivity index (χ4v) is 3.72. The smallest absolute Gasteiger partial charge is 0.870 e. The molecule has 20 N–H and O–H groups in total. The Balaban J connectivity index is -0.000000106. The second-order valence-corrected chi connectivity index (χ2v) is 9.00. The molecular formula is C32H42MnN4O18+4. The van der Waals surface area contributed by atoms with E-state index >= 15 is 0 Å². The molecule has 22 nitrogen and oxygen atoms in total. The quantitative estimate of drug-likeness (QED) is 0.0585. The topological polar surface area (TPSA) is 470 Å². The van der Waals surface area contributed by atoms with Crippen LogP contribution in [-0.2, 0) is 39.0 Å². The van der Waals surface area contributed by atoms with E-state index in [9.17, 15) is 40.2 Å². The molecule has 301 valence electrons. The fraction of sp³-hybridized carbons (Fsp3) is 0. The molecule has 0 aliphatic carbocycles. The van der Waals surface area contributed by atoms with Gasteiger partial charge >= 0.3 is 29.0 Å². The second kappa shape index (κ2) is 30.8. The summed E-state index contributed by atoms with van der Waals surface area (Å²) in [4.78, 5) is 39.7. The van der Waals surface area contributed by atoms with E-state index in [1.165, 1.54) is 36.7 Å². The Kier molecular flexibility index (Phi) is 35.5. The average Bonchev–Trinajstić information content (AvgIpc) is 3.06. The standard InChI is InChI=1S/2C9H7NO.2C7H5NO4.Mn.8H2O/c2*11-10-7-3-5-8-4-1-2-6-9(8)10;2*9-7(10)5-1-3-6(4-2-5)8(11)12;;;;;;;;;/h2*1-7H;2*1-4H,(H,9,10);;8*1H2/q;;;;+2;;;;;;;;/p+2. The van der Waals surface area contributed by atoms with Crippen molar-refractivity contribution in [3.8, 4) is 0 Å². The van der Waals surface area contributed by atoms with E-state index < -0.39 is 21.8 Å². The number of nitrogens with zero attached hydrogens (tertiary/aromatic N) is 4. The van der Waals surface area contributed by atoms with Gasteiger partial charge in [0, 0.05) is 59.3 Å². The zero-order chi connectivity index (χ0) is 33.6. The van der Waals surface area contributed by atoms with Gasteiger partial charge in [-0.05, 0) is 48.5 Å². The number of carboxylic acid groups (broad SMARTS) is 2. The molecule has 0 atom stereocenters. The zero-order valence-corrected chi connectivity index (χ0v) is 29.4. The maximum absolute atomic E-state index is 11.1. The van der Waals surface area contributed by atoms with E-state index in [-0.39, 0.29) is 83.4 Å². The summed E-state index contributed by atoms with van der Waals surface area (Å²) in [7, 11) is 0. The summed E-state index contributed by atoms with van der Waals surface area (Å²) in [5.74, 6) is -2.19. The molecule has 0 fully saturated rings. The number of non-ortho nitro benzene ring substituents is 2. The van der Waals surface area contributed by atoms with Crippen LogP contribution in [0, 0.1) is 30.6 Å². The summed E-state index contributed by atoms with van der Waals surface area (Å²) in [6, 6.07) is 31.7. The Hall–Kier alpha value is -6.76. The van der Waals surface area contributed by atoms with E-state index in [4.69, 9.17) is 10.2 Å². The minimum absolute atomic E-state index is 0. The summed E-state index contributed by atoms with van der Waals surface area (Å²) in [6.07, 6.45) is 3.00. The first-order valence-corrected chi connectivity index (χ1v) is 13.1. The number of carboxylic acids is 2. The van der Waals surface area contributed by atoms with Crippen LogP contribution in [0.25, 0.3) is 21.8 Å². The Morgan fingerprint density at radius 2 is 0.745 bits per heavy atom. The number of aromatic nitrogens is 2. The van der Waals surface area contributed by atoms with Crippen molar-refractivity contribution in [3.63, 3.8) is 0 Å². The van der Waals surface area contributed by atoms with E-state index in [1.54, 1.807) is 12.1 Å². The maximum atomic E-state index is 11.1. The first kappa shape index (κ1) is 63.3. The third kappa shape index (κ3) is 19.1. The van der Waals surface area contributed by atoms with E-state index in [1.807, 2.05) is 60.7 Å². The average molecular weight is 826 g/mol. The summed E-state index contributed by atoms with van der Waals surface area (Å²) in [5.41, 5.74) is 1.30. The molecule has 0 saturated heterocycles. The van der Waals surface area contributed by atoms with Crippen LogP contribution in [0.4, 0.5) is 11.4 Å². The van der Waals surface area contributed by atoms with Gasteiger partial charge in [0.15, 0.2) is 12.4 Å². The molecule has 23 heteroatoms. The van der Waals surface area contributed by atoms with Crippen molar-refractivity contribution in [2.24, 2.45) is 0 Å². The van der Waals surface area contributed by atoms with Gasteiger partial charge in [-0.3, -0.25) is 20.2 Å². The maximum Gasteiger partial charge on any atom is 2.00 e. The van der Waals surface area contributed by atoms with Gasteiger partial charge in [-0.25, -0.2) is 9.59 Å².